The Balaban J connectivity index is 2.11. The average molecular weight is 596 g/mol. The van der Waals surface area contributed by atoms with Crippen molar-refractivity contribution in [1.82, 2.24) is 10.2 Å². The summed E-state index contributed by atoms with van der Waals surface area (Å²) in [5.74, 6) is -0.0708. The van der Waals surface area contributed by atoms with Gasteiger partial charge >= 0.3 is 0 Å². The topological polar surface area (TPSA) is 105 Å². The summed E-state index contributed by atoms with van der Waals surface area (Å²) >= 11 is 0. The van der Waals surface area contributed by atoms with E-state index in [1.54, 1.807) is 30.3 Å². The average Bonchev–Trinajstić information content (AvgIpc) is 2.99. The molecule has 0 aliphatic heterocycles. The first kappa shape index (κ1) is 32.5. The SMILES string of the molecule is CC[C@H](C(=O)N[C@@H](C)CC)N(Cc1cccc(C)c1)C(=O)CN(c1ccc(OC)c(OC)c1)S(=O)(=O)c1ccccc1. The predicted octanol–water partition coefficient (Wildman–Crippen LogP) is 4.93. The van der Waals surface area contributed by atoms with Crippen molar-refractivity contribution < 1.29 is 27.5 Å². The van der Waals surface area contributed by atoms with Crippen molar-refractivity contribution in [2.45, 2.75) is 64.1 Å². The van der Waals surface area contributed by atoms with E-state index in [-0.39, 0.29) is 29.1 Å². The quantitative estimate of drug-likeness (QED) is 0.283. The van der Waals surface area contributed by atoms with Crippen LogP contribution in [0.25, 0.3) is 0 Å². The molecular weight excluding hydrogens is 554 g/mol. The third kappa shape index (κ3) is 7.82. The summed E-state index contributed by atoms with van der Waals surface area (Å²) in [7, 11) is -1.26. The van der Waals surface area contributed by atoms with Gasteiger partial charge in [0.2, 0.25) is 11.8 Å². The summed E-state index contributed by atoms with van der Waals surface area (Å²) < 4.78 is 39.8. The number of anilines is 1. The monoisotopic (exact) mass is 595 g/mol. The molecule has 0 spiro atoms. The molecule has 3 rings (SSSR count). The molecule has 3 aromatic rings. The van der Waals surface area contributed by atoms with Gasteiger partial charge in [0, 0.05) is 18.7 Å². The molecule has 0 aliphatic carbocycles. The fraction of sp³-hybridized carbons (Fsp3) is 0.375. The molecule has 0 radical (unpaired) electrons. The number of benzene rings is 3. The minimum atomic E-state index is -4.19. The zero-order valence-corrected chi connectivity index (χ0v) is 26.0. The van der Waals surface area contributed by atoms with Crippen LogP contribution in [0.15, 0.2) is 77.7 Å². The molecule has 0 saturated carbocycles. The number of carbonyl (C=O) groups is 2. The van der Waals surface area contributed by atoms with Crippen LogP contribution in [0.1, 0.15) is 44.7 Å². The lowest BCUT2D eigenvalue weighted by molar-refractivity contribution is -0.140. The Morgan fingerprint density at radius 2 is 1.57 bits per heavy atom. The van der Waals surface area contributed by atoms with Gasteiger partial charge in [-0.2, -0.15) is 0 Å². The van der Waals surface area contributed by atoms with E-state index in [4.69, 9.17) is 9.47 Å². The van der Waals surface area contributed by atoms with Gasteiger partial charge in [-0.05, 0) is 56.5 Å². The first-order chi connectivity index (χ1) is 20.0. The summed E-state index contributed by atoms with van der Waals surface area (Å²) in [5, 5.41) is 2.99. The number of carbonyl (C=O) groups excluding carboxylic acids is 2. The number of rotatable bonds is 14. The summed E-state index contributed by atoms with van der Waals surface area (Å²) in [6.07, 6.45) is 1.08. The molecule has 226 valence electrons. The van der Waals surface area contributed by atoms with Crippen molar-refractivity contribution in [2.24, 2.45) is 0 Å². The van der Waals surface area contributed by atoms with Crippen molar-refractivity contribution in [3.8, 4) is 11.5 Å². The maximum Gasteiger partial charge on any atom is 0.264 e. The molecule has 0 unspecified atom stereocenters. The number of nitrogens with zero attached hydrogens (tertiary/aromatic N) is 2. The van der Waals surface area contributed by atoms with Crippen LogP contribution in [-0.2, 0) is 26.2 Å². The van der Waals surface area contributed by atoms with E-state index in [2.05, 4.69) is 5.32 Å². The second-order valence-corrected chi connectivity index (χ2v) is 12.0. The highest BCUT2D eigenvalue weighted by molar-refractivity contribution is 7.92. The van der Waals surface area contributed by atoms with Gasteiger partial charge in [-0.1, -0.05) is 61.9 Å². The molecule has 2 atom stereocenters. The number of nitrogens with one attached hydrogen (secondary N) is 1. The first-order valence-electron chi connectivity index (χ1n) is 14.0. The number of sulfonamides is 1. The number of hydrogen-bond acceptors (Lipinski definition) is 6. The zero-order valence-electron chi connectivity index (χ0n) is 25.2. The van der Waals surface area contributed by atoms with Gasteiger partial charge in [-0.15, -0.1) is 0 Å². The minimum Gasteiger partial charge on any atom is -0.493 e. The van der Waals surface area contributed by atoms with Gasteiger partial charge in [0.05, 0.1) is 24.8 Å². The maximum absolute atomic E-state index is 14.2. The largest absolute Gasteiger partial charge is 0.493 e. The number of ether oxygens (including phenoxy) is 2. The smallest absolute Gasteiger partial charge is 0.264 e. The van der Waals surface area contributed by atoms with Crippen LogP contribution >= 0.6 is 0 Å². The van der Waals surface area contributed by atoms with Crippen molar-refractivity contribution >= 4 is 27.5 Å². The lowest BCUT2D eigenvalue weighted by Crippen LogP contribution is -2.53. The molecular formula is C32H41N3O6S. The van der Waals surface area contributed by atoms with E-state index in [1.165, 1.54) is 37.3 Å². The molecule has 0 bridgehead atoms. The van der Waals surface area contributed by atoms with E-state index >= 15 is 0 Å². The molecule has 2 amide bonds. The van der Waals surface area contributed by atoms with E-state index in [9.17, 15) is 18.0 Å². The molecule has 42 heavy (non-hydrogen) atoms. The Bertz CT molecular complexity index is 1460. The summed E-state index contributed by atoms with van der Waals surface area (Å²) in [5.41, 5.74) is 2.06. The van der Waals surface area contributed by atoms with Crippen LogP contribution in [0.2, 0.25) is 0 Å². The van der Waals surface area contributed by atoms with E-state index in [1.807, 2.05) is 52.0 Å². The highest BCUT2D eigenvalue weighted by atomic mass is 32.2. The van der Waals surface area contributed by atoms with Gasteiger partial charge in [-0.25, -0.2) is 8.42 Å². The number of aryl methyl sites for hydroxylation is 1. The summed E-state index contributed by atoms with van der Waals surface area (Å²) in [6.45, 7) is 7.27. The Labute approximate surface area is 249 Å². The van der Waals surface area contributed by atoms with Crippen LogP contribution in [0.4, 0.5) is 5.69 Å². The standard InChI is InChI=1S/C32H41N3O6S/c1-7-24(4)33-32(37)28(8-2)34(21-25-14-12-13-23(3)19-25)31(36)22-35(42(38,39)27-15-10-9-11-16-27)26-17-18-29(40-5)30(20-26)41-6/h9-20,24,28H,7-8,21-22H2,1-6H3,(H,33,37)/t24-,28+/m0/s1. The lowest BCUT2D eigenvalue weighted by Gasteiger charge is -2.34. The van der Waals surface area contributed by atoms with Gasteiger partial charge in [0.25, 0.3) is 10.0 Å². The molecule has 0 saturated heterocycles. The Kier molecular flexibility index (Phi) is 11.4. The predicted molar refractivity (Wildman–Crippen MR) is 164 cm³/mol. The zero-order chi connectivity index (χ0) is 30.9. The summed E-state index contributed by atoms with van der Waals surface area (Å²) in [4.78, 5) is 29.1. The van der Waals surface area contributed by atoms with Gasteiger partial charge in [0.1, 0.15) is 12.6 Å². The van der Waals surface area contributed by atoms with Crippen LogP contribution in [-0.4, -0.2) is 58.0 Å². The number of amides is 2. The Morgan fingerprint density at radius 3 is 2.17 bits per heavy atom. The molecule has 3 aromatic carbocycles. The molecule has 1 N–H and O–H groups in total. The van der Waals surface area contributed by atoms with Crippen molar-refractivity contribution in [1.29, 1.82) is 0 Å². The van der Waals surface area contributed by atoms with Gasteiger partial charge in [-0.3, -0.25) is 13.9 Å². The van der Waals surface area contributed by atoms with E-state index in [0.717, 1.165) is 21.9 Å². The maximum atomic E-state index is 14.2. The van der Waals surface area contributed by atoms with E-state index < -0.39 is 28.5 Å². The molecule has 0 aromatic heterocycles. The van der Waals surface area contributed by atoms with Gasteiger partial charge in [0.15, 0.2) is 11.5 Å². The molecule has 0 aliphatic rings. The lowest BCUT2D eigenvalue weighted by atomic mass is 10.1. The Hall–Kier alpha value is -4.05. The second kappa shape index (κ2) is 14.7. The third-order valence-electron chi connectivity index (χ3n) is 7.09. The van der Waals surface area contributed by atoms with Crippen LogP contribution < -0.4 is 19.1 Å². The summed E-state index contributed by atoms with van der Waals surface area (Å²) in [6, 6.07) is 19.4. The number of hydrogen-bond donors (Lipinski definition) is 1. The molecule has 0 fully saturated rings. The molecule has 9 nitrogen and oxygen atoms in total. The van der Waals surface area contributed by atoms with Crippen molar-refractivity contribution in [3.05, 3.63) is 83.9 Å². The fourth-order valence-corrected chi connectivity index (χ4v) is 6.02. The third-order valence-corrected chi connectivity index (χ3v) is 8.88. The fourth-order valence-electron chi connectivity index (χ4n) is 4.60. The molecule has 0 heterocycles. The van der Waals surface area contributed by atoms with Gasteiger partial charge < -0.3 is 19.7 Å². The van der Waals surface area contributed by atoms with E-state index in [0.29, 0.717) is 17.9 Å². The van der Waals surface area contributed by atoms with Crippen molar-refractivity contribution in [2.75, 3.05) is 25.1 Å². The molecule has 10 heteroatoms. The van der Waals surface area contributed by atoms with Crippen LogP contribution in [0.3, 0.4) is 0 Å². The Morgan fingerprint density at radius 1 is 0.881 bits per heavy atom. The second-order valence-electron chi connectivity index (χ2n) is 10.1. The number of methoxy groups -OCH3 is 2. The highest BCUT2D eigenvalue weighted by Crippen LogP contribution is 2.34. The normalized spacial score (nSPS) is 12.6. The minimum absolute atomic E-state index is 0.0272. The first-order valence-corrected chi connectivity index (χ1v) is 15.4. The highest BCUT2D eigenvalue weighted by Gasteiger charge is 2.34. The van der Waals surface area contributed by atoms with Crippen LogP contribution in [0.5, 0.6) is 11.5 Å². The van der Waals surface area contributed by atoms with Crippen LogP contribution in [0, 0.1) is 6.92 Å². The van der Waals surface area contributed by atoms with Crippen molar-refractivity contribution in [3.63, 3.8) is 0 Å².